The summed E-state index contributed by atoms with van der Waals surface area (Å²) in [4.78, 5) is 12.5. The van der Waals surface area contributed by atoms with Crippen molar-refractivity contribution in [2.45, 2.75) is 30.0 Å². The summed E-state index contributed by atoms with van der Waals surface area (Å²) >= 11 is 1.23. The van der Waals surface area contributed by atoms with Gasteiger partial charge in [0.25, 0.3) is 10.0 Å². The lowest BCUT2D eigenvalue weighted by molar-refractivity contribution is -0.126. The topological polar surface area (TPSA) is 66.5 Å². The van der Waals surface area contributed by atoms with Gasteiger partial charge in [0.1, 0.15) is 4.21 Å². The zero-order chi connectivity index (χ0) is 17.9. The average molecular weight is 379 g/mol. The minimum Gasteiger partial charge on any atom is -0.349 e. The van der Waals surface area contributed by atoms with E-state index in [9.17, 15) is 13.2 Å². The maximum atomic E-state index is 12.5. The molecule has 1 aromatic carbocycles. The summed E-state index contributed by atoms with van der Waals surface area (Å²) in [7, 11) is -3.41. The molecule has 7 heteroatoms. The van der Waals surface area contributed by atoms with Crippen LogP contribution in [-0.4, -0.2) is 31.7 Å². The molecule has 1 atom stereocenters. The number of amides is 1. The summed E-state index contributed by atoms with van der Waals surface area (Å²) in [5.41, 5.74) is 1.06. The van der Waals surface area contributed by atoms with Crippen LogP contribution in [0.2, 0.25) is 0 Å². The van der Waals surface area contributed by atoms with Gasteiger partial charge in [0.15, 0.2) is 0 Å². The van der Waals surface area contributed by atoms with Gasteiger partial charge in [-0.3, -0.25) is 4.79 Å². The lowest BCUT2D eigenvalue weighted by atomic mass is 9.96. The summed E-state index contributed by atoms with van der Waals surface area (Å²) < 4.78 is 26.9. The SMILES string of the molecule is C[C@H](NC(=O)C1CCN(S(=O)(=O)c2cccs2)CC1)c1ccccc1. The zero-order valence-corrected chi connectivity index (χ0v) is 15.7. The van der Waals surface area contributed by atoms with Crippen molar-refractivity contribution in [2.75, 3.05) is 13.1 Å². The van der Waals surface area contributed by atoms with E-state index < -0.39 is 10.0 Å². The van der Waals surface area contributed by atoms with Crippen molar-refractivity contribution < 1.29 is 13.2 Å². The Morgan fingerprint density at radius 1 is 1.16 bits per heavy atom. The van der Waals surface area contributed by atoms with Gasteiger partial charge in [-0.25, -0.2) is 8.42 Å². The predicted octanol–water partition coefficient (Wildman–Crippen LogP) is 3.03. The highest BCUT2D eigenvalue weighted by Gasteiger charge is 2.32. The molecule has 2 aromatic rings. The van der Waals surface area contributed by atoms with E-state index in [1.807, 2.05) is 37.3 Å². The van der Waals surface area contributed by atoms with E-state index in [-0.39, 0.29) is 17.9 Å². The van der Waals surface area contributed by atoms with Crippen LogP contribution in [0.15, 0.2) is 52.1 Å². The number of nitrogens with zero attached hydrogens (tertiary/aromatic N) is 1. The smallest absolute Gasteiger partial charge is 0.252 e. The maximum Gasteiger partial charge on any atom is 0.252 e. The minimum atomic E-state index is -3.41. The van der Waals surface area contributed by atoms with Gasteiger partial charge >= 0.3 is 0 Å². The Morgan fingerprint density at radius 2 is 1.84 bits per heavy atom. The van der Waals surface area contributed by atoms with Crippen LogP contribution in [0.5, 0.6) is 0 Å². The molecule has 1 fully saturated rings. The monoisotopic (exact) mass is 378 g/mol. The Balaban J connectivity index is 1.56. The molecular formula is C18H22N2O3S2. The van der Waals surface area contributed by atoms with E-state index in [1.54, 1.807) is 17.5 Å². The zero-order valence-electron chi connectivity index (χ0n) is 14.1. The Bertz CT molecular complexity index is 796. The molecule has 134 valence electrons. The lowest BCUT2D eigenvalue weighted by Gasteiger charge is -2.30. The van der Waals surface area contributed by atoms with Gasteiger partial charge < -0.3 is 5.32 Å². The third-order valence-corrected chi connectivity index (χ3v) is 7.84. The van der Waals surface area contributed by atoms with E-state index in [0.29, 0.717) is 30.1 Å². The number of carbonyl (C=O) groups excluding carboxylic acids is 1. The third-order valence-electron chi connectivity index (χ3n) is 4.57. The molecule has 25 heavy (non-hydrogen) atoms. The molecule has 0 spiro atoms. The molecule has 1 aromatic heterocycles. The normalized spacial score (nSPS) is 18.0. The fourth-order valence-corrected chi connectivity index (χ4v) is 5.67. The van der Waals surface area contributed by atoms with Crippen LogP contribution >= 0.6 is 11.3 Å². The number of rotatable bonds is 5. The van der Waals surface area contributed by atoms with Crippen LogP contribution in [0.4, 0.5) is 0 Å². The van der Waals surface area contributed by atoms with Crippen molar-refractivity contribution in [3.8, 4) is 0 Å². The van der Waals surface area contributed by atoms with Crippen molar-refractivity contribution >= 4 is 27.3 Å². The molecule has 1 saturated heterocycles. The second kappa shape index (κ2) is 7.68. The molecule has 2 heterocycles. The number of nitrogens with one attached hydrogen (secondary N) is 1. The summed E-state index contributed by atoms with van der Waals surface area (Å²) in [6.45, 7) is 2.74. The summed E-state index contributed by atoms with van der Waals surface area (Å²) in [5.74, 6) is -0.134. The first-order valence-corrected chi connectivity index (χ1v) is 10.7. The first-order chi connectivity index (χ1) is 12.0. The fraction of sp³-hybridized carbons (Fsp3) is 0.389. The summed E-state index contributed by atoms with van der Waals surface area (Å²) in [5, 5.41) is 4.80. The van der Waals surface area contributed by atoms with E-state index in [1.165, 1.54) is 15.6 Å². The Hall–Kier alpha value is -1.70. The van der Waals surface area contributed by atoms with Crippen molar-refractivity contribution in [3.05, 3.63) is 53.4 Å². The Kier molecular flexibility index (Phi) is 5.56. The van der Waals surface area contributed by atoms with Crippen molar-refractivity contribution in [2.24, 2.45) is 5.92 Å². The van der Waals surface area contributed by atoms with Gasteiger partial charge in [-0.05, 0) is 36.8 Å². The number of thiophene rings is 1. The van der Waals surface area contributed by atoms with Gasteiger partial charge in [-0.15, -0.1) is 11.3 Å². The molecule has 5 nitrogen and oxygen atoms in total. The van der Waals surface area contributed by atoms with Gasteiger partial charge in [0.05, 0.1) is 6.04 Å². The minimum absolute atomic E-state index is 0.00419. The van der Waals surface area contributed by atoms with E-state index in [2.05, 4.69) is 5.32 Å². The van der Waals surface area contributed by atoms with Crippen LogP contribution in [0.25, 0.3) is 0 Å². The lowest BCUT2D eigenvalue weighted by Crippen LogP contribution is -2.43. The molecular weight excluding hydrogens is 356 g/mol. The van der Waals surface area contributed by atoms with Crippen LogP contribution in [0, 0.1) is 5.92 Å². The second-order valence-corrected chi connectivity index (χ2v) is 9.36. The van der Waals surface area contributed by atoms with Crippen molar-refractivity contribution in [1.82, 2.24) is 9.62 Å². The highest BCUT2D eigenvalue weighted by atomic mass is 32.2. The molecule has 0 radical (unpaired) electrons. The summed E-state index contributed by atoms with van der Waals surface area (Å²) in [6.07, 6.45) is 1.11. The standard InChI is InChI=1S/C18H22N2O3S2/c1-14(15-6-3-2-4-7-15)19-18(21)16-9-11-20(12-10-16)25(22,23)17-8-5-13-24-17/h2-8,13-14,16H,9-12H2,1H3,(H,19,21)/t14-/m0/s1. The number of carbonyl (C=O) groups is 1. The summed E-state index contributed by atoms with van der Waals surface area (Å²) in [6, 6.07) is 13.1. The molecule has 0 saturated carbocycles. The quantitative estimate of drug-likeness (QED) is 0.870. The molecule has 1 N–H and O–H groups in total. The maximum absolute atomic E-state index is 12.5. The van der Waals surface area contributed by atoms with Gasteiger partial charge in [-0.1, -0.05) is 36.4 Å². The number of sulfonamides is 1. The van der Waals surface area contributed by atoms with Gasteiger partial charge in [0.2, 0.25) is 5.91 Å². The first kappa shape index (κ1) is 18.1. The van der Waals surface area contributed by atoms with Crippen molar-refractivity contribution in [1.29, 1.82) is 0 Å². The highest BCUT2D eigenvalue weighted by Crippen LogP contribution is 2.26. The first-order valence-electron chi connectivity index (χ1n) is 8.37. The van der Waals surface area contributed by atoms with Crippen LogP contribution in [-0.2, 0) is 14.8 Å². The third kappa shape index (κ3) is 4.11. The number of piperidine rings is 1. The molecule has 0 aliphatic carbocycles. The highest BCUT2D eigenvalue weighted by molar-refractivity contribution is 7.91. The molecule has 0 unspecified atom stereocenters. The number of hydrogen-bond donors (Lipinski definition) is 1. The number of benzene rings is 1. The Morgan fingerprint density at radius 3 is 2.44 bits per heavy atom. The Labute approximate surface area is 152 Å². The molecule has 1 aliphatic rings. The number of hydrogen-bond acceptors (Lipinski definition) is 4. The largest absolute Gasteiger partial charge is 0.349 e. The predicted molar refractivity (Wildman–Crippen MR) is 98.8 cm³/mol. The molecule has 3 rings (SSSR count). The molecule has 1 aliphatic heterocycles. The van der Waals surface area contributed by atoms with Crippen LogP contribution in [0.1, 0.15) is 31.4 Å². The van der Waals surface area contributed by atoms with Gasteiger partial charge in [0, 0.05) is 19.0 Å². The van der Waals surface area contributed by atoms with Crippen molar-refractivity contribution in [3.63, 3.8) is 0 Å². The van der Waals surface area contributed by atoms with Gasteiger partial charge in [-0.2, -0.15) is 4.31 Å². The average Bonchev–Trinajstić information content (AvgIpc) is 3.18. The van der Waals surface area contributed by atoms with E-state index in [4.69, 9.17) is 0 Å². The van der Waals surface area contributed by atoms with Crippen LogP contribution in [0.3, 0.4) is 0 Å². The molecule has 1 amide bonds. The van der Waals surface area contributed by atoms with E-state index >= 15 is 0 Å². The van der Waals surface area contributed by atoms with Crippen LogP contribution < -0.4 is 5.32 Å². The van der Waals surface area contributed by atoms with E-state index in [0.717, 1.165) is 5.56 Å². The second-order valence-electron chi connectivity index (χ2n) is 6.25. The molecule has 0 bridgehead atoms. The fourth-order valence-electron chi connectivity index (χ4n) is 3.05.